The second-order valence-electron chi connectivity index (χ2n) is 6.70. The van der Waals surface area contributed by atoms with Crippen LogP contribution in [0.15, 0.2) is 12.1 Å². The van der Waals surface area contributed by atoms with E-state index in [2.05, 4.69) is 0 Å². The third-order valence-corrected chi connectivity index (χ3v) is 4.20. The zero-order valence-electron chi connectivity index (χ0n) is 12.1. The number of carbonyl (C=O) groups excluding carboxylic acids is 1. The summed E-state index contributed by atoms with van der Waals surface area (Å²) >= 11 is 0. The smallest absolute Gasteiger partial charge is 0.254 e. The van der Waals surface area contributed by atoms with Crippen molar-refractivity contribution in [2.75, 3.05) is 12.3 Å². The van der Waals surface area contributed by atoms with Crippen molar-refractivity contribution >= 4 is 11.6 Å². The average molecular weight is 274 g/mol. The number of aliphatic hydroxyl groups is 1. The van der Waals surface area contributed by atoms with Gasteiger partial charge in [-0.25, -0.2) is 0 Å². The molecule has 3 rings (SSSR count). The molecule has 108 valence electrons. The largest absolute Gasteiger partial charge is 0.398 e. The third kappa shape index (κ3) is 2.52. The van der Waals surface area contributed by atoms with E-state index in [1.54, 1.807) is 18.7 Å². The van der Waals surface area contributed by atoms with Gasteiger partial charge in [0, 0.05) is 24.3 Å². The molecule has 1 heterocycles. The lowest BCUT2D eigenvalue weighted by Gasteiger charge is -2.22. The summed E-state index contributed by atoms with van der Waals surface area (Å²) in [6.07, 6.45) is 2.94. The summed E-state index contributed by atoms with van der Waals surface area (Å²) in [5, 5.41) is 9.79. The molecule has 1 saturated carbocycles. The van der Waals surface area contributed by atoms with Gasteiger partial charge in [0.1, 0.15) is 0 Å². The normalized spacial score (nSPS) is 18.6. The minimum Gasteiger partial charge on any atom is -0.398 e. The first-order chi connectivity index (χ1) is 9.35. The van der Waals surface area contributed by atoms with E-state index in [1.165, 1.54) is 12.8 Å². The molecule has 0 atom stereocenters. The number of nitrogens with two attached hydrogens (primary N) is 1. The van der Waals surface area contributed by atoms with Crippen LogP contribution in [0.3, 0.4) is 0 Å². The second-order valence-corrected chi connectivity index (χ2v) is 6.70. The molecule has 2 aliphatic rings. The molecule has 1 aliphatic carbocycles. The Morgan fingerprint density at radius 3 is 2.70 bits per heavy atom. The zero-order valence-corrected chi connectivity index (χ0v) is 12.1. The summed E-state index contributed by atoms with van der Waals surface area (Å²) in [5.41, 5.74) is 9.14. The topological polar surface area (TPSA) is 66.6 Å². The summed E-state index contributed by atoms with van der Waals surface area (Å²) in [6.45, 7) is 4.73. The first kappa shape index (κ1) is 13.4. The molecule has 1 amide bonds. The summed E-state index contributed by atoms with van der Waals surface area (Å²) in [7, 11) is 0. The van der Waals surface area contributed by atoms with Crippen LogP contribution in [0.5, 0.6) is 0 Å². The molecule has 0 spiro atoms. The second kappa shape index (κ2) is 4.48. The van der Waals surface area contributed by atoms with Crippen LogP contribution in [0, 0.1) is 0 Å². The Bertz CT molecular complexity index is 556. The molecule has 20 heavy (non-hydrogen) atoms. The molecular formula is C16H22N2O2. The number of anilines is 1. The van der Waals surface area contributed by atoms with Gasteiger partial charge in [0.05, 0.1) is 5.60 Å². The van der Waals surface area contributed by atoms with Crippen LogP contribution in [-0.2, 0) is 6.54 Å². The molecule has 1 fully saturated rings. The fourth-order valence-corrected chi connectivity index (χ4v) is 2.80. The van der Waals surface area contributed by atoms with Crippen molar-refractivity contribution < 1.29 is 9.90 Å². The van der Waals surface area contributed by atoms with E-state index in [1.807, 2.05) is 12.1 Å². The van der Waals surface area contributed by atoms with Gasteiger partial charge in [0.25, 0.3) is 5.91 Å². The van der Waals surface area contributed by atoms with Gasteiger partial charge in [-0.3, -0.25) is 4.79 Å². The van der Waals surface area contributed by atoms with E-state index in [0.717, 1.165) is 22.4 Å². The highest BCUT2D eigenvalue weighted by Gasteiger charge is 2.32. The lowest BCUT2D eigenvalue weighted by molar-refractivity contribution is 0.0517. The summed E-state index contributed by atoms with van der Waals surface area (Å²) in [4.78, 5) is 14.2. The standard InChI is InChI=1S/C16H22N2O2/c1-16(2,20)5-6-18-9-11-7-14(17)12(10-3-4-10)8-13(11)15(18)19/h7-8,10,20H,3-6,9,17H2,1-2H3. The molecule has 3 N–H and O–H groups in total. The number of rotatable bonds is 4. The van der Waals surface area contributed by atoms with Crippen LogP contribution in [0.1, 0.15) is 60.5 Å². The summed E-state index contributed by atoms with van der Waals surface area (Å²) < 4.78 is 0. The molecule has 1 aliphatic heterocycles. The highest BCUT2D eigenvalue weighted by Crippen LogP contribution is 2.44. The van der Waals surface area contributed by atoms with Gasteiger partial charge in [-0.2, -0.15) is 0 Å². The third-order valence-electron chi connectivity index (χ3n) is 4.20. The molecule has 0 radical (unpaired) electrons. The number of hydrogen-bond acceptors (Lipinski definition) is 3. The Hall–Kier alpha value is -1.55. The summed E-state index contributed by atoms with van der Waals surface area (Å²) in [6, 6.07) is 3.96. The maximum Gasteiger partial charge on any atom is 0.254 e. The van der Waals surface area contributed by atoms with E-state index in [-0.39, 0.29) is 5.91 Å². The number of nitrogens with zero attached hydrogens (tertiary/aromatic N) is 1. The highest BCUT2D eigenvalue weighted by atomic mass is 16.3. The molecule has 4 nitrogen and oxygen atoms in total. The van der Waals surface area contributed by atoms with Crippen molar-refractivity contribution in [2.24, 2.45) is 0 Å². The summed E-state index contributed by atoms with van der Waals surface area (Å²) in [5.74, 6) is 0.629. The van der Waals surface area contributed by atoms with Gasteiger partial charge in [0.2, 0.25) is 0 Å². The van der Waals surface area contributed by atoms with Gasteiger partial charge < -0.3 is 15.7 Å². The van der Waals surface area contributed by atoms with E-state index < -0.39 is 5.60 Å². The molecule has 0 saturated heterocycles. The number of fused-ring (bicyclic) bond motifs is 1. The van der Waals surface area contributed by atoms with Crippen molar-refractivity contribution in [2.45, 2.75) is 51.2 Å². The average Bonchev–Trinajstić information content (AvgIpc) is 3.12. The van der Waals surface area contributed by atoms with E-state index in [0.29, 0.717) is 25.4 Å². The number of carbonyl (C=O) groups is 1. The van der Waals surface area contributed by atoms with Crippen LogP contribution in [0.4, 0.5) is 5.69 Å². The van der Waals surface area contributed by atoms with Gasteiger partial charge in [-0.1, -0.05) is 0 Å². The van der Waals surface area contributed by atoms with E-state index in [4.69, 9.17) is 5.73 Å². The lowest BCUT2D eigenvalue weighted by Crippen LogP contribution is -2.31. The molecule has 1 aromatic carbocycles. The van der Waals surface area contributed by atoms with E-state index >= 15 is 0 Å². The van der Waals surface area contributed by atoms with Crippen molar-refractivity contribution in [1.29, 1.82) is 0 Å². The van der Waals surface area contributed by atoms with Gasteiger partial charge in [-0.15, -0.1) is 0 Å². The first-order valence-corrected chi connectivity index (χ1v) is 7.29. The quantitative estimate of drug-likeness (QED) is 0.828. The predicted molar refractivity (Wildman–Crippen MR) is 78.5 cm³/mol. The van der Waals surface area contributed by atoms with Crippen LogP contribution in [0.25, 0.3) is 0 Å². The maximum atomic E-state index is 12.4. The Balaban J connectivity index is 1.80. The number of benzene rings is 1. The van der Waals surface area contributed by atoms with Crippen molar-refractivity contribution in [3.63, 3.8) is 0 Å². The molecule has 0 bridgehead atoms. The van der Waals surface area contributed by atoms with Gasteiger partial charge in [0.15, 0.2) is 0 Å². The lowest BCUT2D eigenvalue weighted by atomic mass is 10.0. The van der Waals surface area contributed by atoms with Crippen LogP contribution < -0.4 is 5.73 Å². The fourth-order valence-electron chi connectivity index (χ4n) is 2.80. The van der Waals surface area contributed by atoms with Crippen molar-refractivity contribution in [3.8, 4) is 0 Å². The molecule has 4 heteroatoms. The number of amides is 1. The van der Waals surface area contributed by atoms with Crippen LogP contribution >= 0.6 is 0 Å². The highest BCUT2D eigenvalue weighted by molar-refractivity contribution is 5.99. The van der Waals surface area contributed by atoms with Gasteiger partial charge in [-0.05, 0) is 62.3 Å². The number of hydrogen-bond donors (Lipinski definition) is 2. The minimum atomic E-state index is -0.743. The molecular weight excluding hydrogens is 252 g/mol. The van der Waals surface area contributed by atoms with Gasteiger partial charge >= 0.3 is 0 Å². The Kier molecular flexibility index (Phi) is 3.01. The molecule has 0 aromatic heterocycles. The Morgan fingerprint density at radius 1 is 1.40 bits per heavy atom. The SMILES string of the molecule is CC(C)(O)CCN1Cc2cc(N)c(C3CC3)cc2C1=O. The maximum absolute atomic E-state index is 12.4. The zero-order chi connectivity index (χ0) is 14.5. The fraction of sp³-hybridized carbons (Fsp3) is 0.562. The minimum absolute atomic E-state index is 0.0751. The predicted octanol–water partition coefficient (Wildman–Crippen LogP) is 2.26. The van der Waals surface area contributed by atoms with Crippen LogP contribution in [0.2, 0.25) is 0 Å². The molecule has 1 aromatic rings. The van der Waals surface area contributed by atoms with E-state index in [9.17, 15) is 9.90 Å². The molecule has 0 unspecified atom stereocenters. The Morgan fingerprint density at radius 2 is 2.10 bits per heavy atom. The monoisotopic (exact) mass is 274 g/mol. The van der Waals surface area contributed by atoms with Crippen molar-refractivity contribution in [3.05, 3.63) is 28.8 Å². The first-order valence-electron chi connectivity index (χ1n) is 7.29. The number of nitrogen functional groups attached to an aromatic ring is 1. The van der Waals surface area contributed by atoms with Crippen LogP contribution in [-0.4, -0.2) is 28.1 Å². The Labute approximate surface area is 119 Å². The van der Waals surface area contributed by atoms with Crippen molar-refractivity contribution in [1.82, 2.24) is 4.90 Å².